The van der Waals surface area contributed by atoms with Crippen LogP contribution in [0.2, 0.25) is 0 Å². The molecule has 0 radical (unpaired) electrons. The number of carbonyl (C=O) groups is 1. The molecule has 29 heavy (non-hydrogen) atoms. The third kappa shape index (κ3) is 3.20. The van der Waals surface area contributed by atoms with Gasteiger partial charge in [-0.25, -0.2) is 9.67 Å². The van der Waals surface area contributed by atoms with E-state index in [1.165, 1.54) is 4.57 Å². The molecule has 0 aliphatic heterocycles. The van der Waals surface area contributed by atoms with E-state index in [2.05, 4.69) is 20.4 Å². The van der Waals surface area contributed by atoms with Crippen molar-refractivity contribution >= 4 is 33.7 Å². The third-order valence-electron chi connectivity index (χ3n) is 4.73. The smallest absolute Gasteiger partial charge is 0.316 e. The fourth-order valence-electron chi connectivity index (χ4n) is 3.32. The molecule has 0 aliphatic rings. The molecule has 1 amide bonds. The van der Waals surface area contributed by atoms with Gasteiger partial charge in [0.2, 0.25) is 0 Å². The Morgan fingerprint density at radius 2 is 2.00 bits per heavy atom. The average Bonchev–Trinajstić information content (AvgIpc) is 3.12. The highest BCUT2D eigenvalue weighted by Crippen LogP contribution is 2.20. The second-order valence-corrected chi connectivity index (χ2v) is 7.01. The first-order valence-corrected chi connectivity index (χ1v) is 9.30. The number of nitrogens with zero attached hydrogens (tertiary/aromatic N) is 4. The van der Waals surface area contributed by atoms with E-state index in [-0.39, 0.29) is 11.9 Å². The maximum Gasteiger partial charge on any atom is 0.316 e. The van der Waals surface area contributed by atoms with Crippen molar-refractivity contribution in [2.45, 2.75) is 33.4 Å². The Kier molecular flexibility index (Phi) is 4.50. The molecule has 0 bridgehead atoms. The van der Waals surface area contributed by atoms with Gasteiger partial charge in [-0.3, -0.25) is 14.4 Å². The lowest BCUT2D eigenvalue weighted by Crippen LogP contribution is -2.36. The molecule has 9 heteroatoms. The number of aromatic amines is 1. The summed E-state index contributed by atoms with van der Waals surface area (Å²) in [7, 11) is 0. The van der Waals surface area contributed by atoms with Crippen LogP contribution in [0.1, 0.15) is 37.2 Å². The Bertz CT molecular complexity index is 1360. The van der Waals surface area contributed by atoms with Gasteiger partial charge < -0.3 is 14.9 Å². The Morgan fingerprint density at radius 3 is 2.72 bits per heavy atom. The quantitative estimate of drug-likeness (QED) is 0.517. The molecule has 9 nitrogen and oxygen atoms in total. The van der Waals surface area contributed by atoms with Crippen LogP contribution in [0.5, 0.6) is 0 Å². The van der Waals surface area contributed by atoms with Crippen LogP contribution in [0.3, 0.4) is 0 Å². The number of aryl methyl sites for hydroxylation is 1. The van der Waals surface area contributed by atoms with E-state index in [0.29, 0.717) is 28.8 Å². The minimum Gasteiger partial charge on any atom is -0.321 e. The zero-order chi connectivity index (χ0) is 20.7. The zero-order valence-electron chi connectivity index (χ0n) is 16.3. The molecule has 0 spiro atoms. The standard InChI is InChI=1S/C20H20N6O3/c1-4-25-16-6-5-12(8-15(16)24-19(28)20(25)29)18(27)23-14-7-13-9-22-26(11(2)3)17(13)21-10-14/h5-11H,4H2,1-3H3,(H,23,27)(H,24,28). The van der Waals surface area contributed by atoms with Crippen LogP contribution in [-0.2, 0) is 6.54 Å². The summed E-state index contributed by atoms with van der Waals surface area (Å²) in [4.78, 5) is 43.4. The summed E-state index contributed by atoms with van der Waals surface area (Å²) < 4.78 is 3.19. The van der Waals surface area contributed by atoms with Crippen molar-refractivity contribution < 1.29 is 4.79 Å². The molecule has 4 aromatic rings. The topological polar surface area (TPSA) is 115 Å². The summed E-state index contributed by atoms with van der Waals surface area (Å²) in [6, 6.07) is 6.81. The van der Waals surface area contributed by atoms with Crippen LogP contribution in [0, 0.1) is 0 Å². The van der Waals surface area contributed by atoms with Gasteiger partial charge in [0.25, 0.3) is 5.91 Å². The van der Waals surface area contributed by atoms with Crippen LogP contribution < -0.4 is 16.4 Å². The number of nitrogens with one attached hydrogen (secondary N) is 2. The molecule has 0 saturated heterocycles. The van der Waals surface area contributed by atoms with E-state index < -0.39 is 11.1 Å². The van der Waals surface area contributed by atoms with Crippen molar-refractivity contribution in [2.24, 2.45) is 0 Å². The van der Waals surface area contributed by atoms with E-state index in [0.717, 1.165) is 11.0 Å². The number of benzene rings is 1. The molecule has 3 heterocycles. The number of amides is 1. The molecular weight excluding hydrogens is 372 g/mol. The number of H-pyrrole nitrogens is 1. The maximum atomic E-state index is 12.7. The molecule has 2 N–H and O–H groups in total. The minimum atomic E-state index is -0.714. The summed E-state index contributed by atoms with van der Waals surface area (Å²) in [5, 5.41) is 7.95. The second kappa shape index (κ2) is 7.01. The summed E-state index contributed by atoms with van der Waals surface area (Å²) >= 11 is 0. The lowest BCUT2D eigenvalue weighted by atomic mass is 10.1. The van der Waals surface area contributed by atoms with E-state index in [1.54, 1.807) is 37.5 Å². The van der Waals surface area contributed by atoms with Crippen molar-refractivity contribution in [3.8, 4) is 0 Å². The summed E-state index contributed by atoms with van der Waals surface area (Å²) in [6.45, 7) is 6.18. The molecule has 0 atom stereocenters. The molecule has 0 aliphatic carbocycles. The maximum absolute atomic E-state index is 12.7. The van der Waals surface area contributed by atoms with E-state index >= 15 is 0 Å². The average molecular weight is 392 g/mol. The van der Waals surface area contributed by atoms with Crippen LogP contribution in [0.15, 0.2) is 46.2 Å². The van der Waals surface area contributed by atoms with Gasteiger partial charge in [-0.2, -0.15) is 5.10 Å². The predicted octanol–water partition coefficient (Wildman–Crippen LogP) is 2.29. The highest BCUT2D eigenvalue weighted by atomic mass is 16.2. The van der Waals surface area contributed by atoms with Crippen molar-refractivity contribution in [2.75, 3.05) is 5.32 Å². The highest BCUT2D eigenvalue weighted by Gasteiger charge is 2.13. The number of pyridine rings is 1. The number of anilines is 1. The lowest BCUT2D eigenvalue weighted by Gasteiger charge is -2.10. The molecule has 0 unspecified atom stereocenters. The highest BCUT2D eigenvalue weighted by molar-refractivity contribution is 6.06. The largest absolute Gasteiger partial charge is 0.321 e. The third-order valence-corrected chi connectivity index (χ3v) is 4.73. The number of rotatable bonds is 4. The van der Waals surface area contributed by atoms with Crippen molar-refractivity contribution in [1.29, 1.82) is 0 Å². The zero-order valence-corrected chi connectivity index (χ0v) is 16.3. The molecule has 1 aromatic carbocycles. The van der Waals surface area contributed by atoms with Gasteiger partial charge in [0.05, 0.1) is 29.1 Å². The fraction of sp³-hybridized carbons (Fsp3) is 0.250. The molecule has 3 aromatic heterocycles. The molecular formula is C20H20N6O3. The number of fused-ring (bicyclic) bond motifs is 2. The second-order valence-electron chi connectivity index (χ2n) is 7.01. The van der Waals surface area contributed by atoms with Gasteiger partial charge in [-0.1, -0.05) is 0 Å². The van der Waals surface area contributed by atoms with Crippen molar-refractivity contribution in [3.05, 3.63) is 62.9 Å². The number of hydrogen-bond acceptors (Lipinski definition) is 5. The minimum absolute atomic E-state index is 0.181. The number of hydrogen-bond donors (Lipinski definition) is 2. The summed E-state index contributed by atoms with van der Waals surface area (Å²) in [5.74, 6) is -0.348. The summed E-state index contributed by atoms with van der Waals surface area (Å²) in [5.41, 5.74) is 1.31. The molecule has 0 saturated carbocycles. The van der Waals surface area contributed by atoms with E-state index in [9.17, 15) is 14.4 Å². The van der Waals surface area contributed by atoms with Crippen LogP contribution in [0.25, 0.3) is 22.1 Å². The fourth-order valence-corrected chi connectivity index (χ4v) is 3.32. The number of carbonyl (C=O) groups excluding carboxylic acids is 1. The van der Waals surface area contributed by atoms with Crippen molar-refractivity contribution in [1.82, 2.24) is 24.3 Å². The summed E-state index contributed by atoms with van der Waals surface area (Å²) in [6.07, 6.45) is 3.29. The molecule has 148 valence electrons. The Hall–Kier alpha value is -3.75. The van der Waals surface area contributed by atoms with E-state index in [4.69, 9.17) is 0 Å². The van der Waals surface area contributed by atoms with Crippen LogP contribution >= 0.6 is 0 Å². The SMILES string of the molecule is CCn1c(=O)c(=O)[nH]c2cc(C(=O)Nc3cnc4c(cnn4C(C)C)c3)ccc21. The van der Waals surface area contributed by atoms with Gasteiger partial charge in [0.15, 0.2) is 5.65 Å². The molecule has 0 fully saturated rings. The van der Waals surface area contributed by atoms with Crippen LogP contribution in [0.4, 0.5) is 5.69 Å². The first-order chi connectivity index (χ1) is 13.9. The predicted molar refractivity (Wildman–Crippen MR) is 110 cm³/mol. The van der Waals surface area contributed by atoms with E-state index in [1.807, 2.05) is 24.6 Å². The Labute approximate surface area is 165 Å². The first-order valence-electron chi connectivity index (χ1n) is 9.30. The first kappa shape index (κ1) is 18.6. The van der Waals surface area contributed by atoms with Crippen LogP contribution in [-0.4, -0.2) is 30.2 Å². The lowest BCUT2D eigenvalue weighted by molar-refractivity contribution is 0.102. The van der Waals surface area contributed by atoms with Gasteiger partial charge >= 0.3 is 11.1 Å². The Morgan fingerprint density at radius 1 is 1.21 bits per heavy atom. The van der Waals surface area contributed by atoms with Gasteiger partial charge in [-0.05, 0) is 45.0 Å². The molecule has 4 rings (SSSR count). The van der Waals surface area contributed by atoms with Gasteiger partial charge in [0.1, 0.15) is 0 Å². The monoisotopic (exact) mass is 392 g/mol. The Balaban J connectivity index is 1.67. The number of aromatic nitrogens is 5. The van der Waals surface area contributed by atoms with Gasteiger partial charge in [0, 0.05) is 23.5 Å². The van der Waals surface area contributed by atoms with Crippen molar-refractivity contribution in [3.63, 3.8) is 0 Å². The van der Waals surface area contributed by atoms with Gasteiger partial charge in [-0.15, -0.1) is 0 Å². The normalized spacial score (nSPS) is 11.4.